The minimum atomic E-state index is -0.140. The van der Waals surface area contributed by atoms with Crippen LogP contribution in [0.15, 0.2) is 52.9 Å². The maximum atomic E-state index is 12.7. The number of ether oxygens (including phenoxy) is 1. The number of hydrogen-bond acceptors (Lipinski definition) is 4. The Balaban J connectivity index is 1.51. The van der Waals surface area contributed by atoms with Crippen molar-refractivity contribution >= 4 is 16.9 Å². The molecule has 1 fully saturated rings. The van der Waals surface area contributed by atoms with Crippen molar-refractivity contribution in [2.75, 3.05) is 7.11 Å². The Labute approximate surface area is 171 Å². The van der Waals surface area contributed by atoms with E-state index in [1.54, 1.807) is 7.11 Å². The molecule has 4 rings (SSSR count). The van der Waals surface area contributed by atoms with Crippen LogP contribution in [0.25, 0.3) is 11.0 Å². The van der Waals surface area contributed by atoms with Gasteiger partial charge in [0, 0.05) is 24.5 Å². The first-order valence-electron chi connectivity index (χ1n) is 10.4. The molecule has 1 aliphatic rings. The summed E-state index contributed by atoms with van der Waals surface area (Å²) in [5.41, 5.74) is 2.94. The van der Waals surface area contributed by atoms with Gasteiger partial charge in [-0.3, -0.25) is 4.79 Å². The summed E-state index contributed by atoms with van der Waals surface area (Å²) in [6.07, 6.45) is 5.70. The molecule has 1 amide bonds. The van der Waals surface area contributed by atoms with Crippen molar-refractivity contribution in [1.82, 2.24) is 10.6 Å². The van der Waals surface area contributed by atoms with Gasteiger partial charge in [-0.05, 0) is 36.1 Å². The van der Waals surface area contributed by atoms with Gasteiger partial charge in [-0.25, -0.2) is 0 Å². The molecule has 29 heavy (non-hydrogen) atoms. The normalized spacial score (nSPS) is 14.8. The number of methoxy groups -OCH3 is 1. The maximum Gasteiger partial charge on any atom is 0.287 e. The van der Waals surface area contributed by atoms with E-state index in [2.05, 4.69) is 22.8 Å². The van der Waals surface area contributed by atoms with Crippen molar-refractivity contribution in [1.29, 1.82) is 0 Å². The molecule has 1 heterocycles. The molecule has 5 nitrogen and oxygen atoms in total. The fourth-order valence-corrected chi connectivity index (χ4v) is 4.02. The highest BCUT2D eigenvalue weighted by Crippen LogP contribution is 2.32. The minimum absolute atomic E-state index is 0.140. The van der Waals surface area contributed by atoms with Crippen molar-refractivity contribution < 1.29 is 13.9 Å². The summed E-state index contributed by atoms with van der Waals surface area (Å²) >= 11 is 0. The van der Waals surface area contributed by atoms with Crippen molar-refractivity contribution in [2.45, 2.75) is 51.2 Å². The molecule has 0 aliphatic heterocycles. The zero-order valence-corrected chi connectivity index (χ0v) is 16.9. The number of carbonyl (C=O) groups excluding carboxylic acids is 1. The number of carbonyl (C=O) groups is 1. The summed E-state index contributed by atoms with van der Waals surface area (Å²) in [5.74, 6) is 0.848. The number of fused-ring (bicyclic) bond motifs is 1. The van der Waals surface area contributed by atoms with Gasteiger partial charge in [0.05, 0.1) is 7.11 Å². The molecule has 0 radical (unpaired) electrons. The lowest BCUT2D eigenvalue weighted by atomic mass is 9.95. The fraction of sp³-hybridized carbons (Fsp3) is 0.375. The van der Waals surface area contributed by atoms with E-state index in [0.717, 1.165) is 30.3 Å². The second-order valence-corrected chi connectivity index (χ2v) is 7.68. The van der Waals surface area contributed by atoms with E-state index < -0.39 is 0 Å². The first-order chi connectivity index (χ1) is 14.2. The summed E-state index contributed by atoms with van der Waals surface area (Å²) in [7, 11) is 1.62. The van der Waals surface area contributed by atoms with E-state index in [0.29, 0.717) is 23.6 Å². The number of benzene rings is 2. The largest absolute Gasteiger partial charge is 0.493 e. The Morgan fingerprint density at radius 3 is 2.62 bits per heavy atom. The number of furan rings is 1. The number of hydrogen-bond donors (Lipinski definition) is 2. The SMILES string of the molecule is COc1ccc(CNCc2ccccc2)c2cc(C(=O)NC3CCCCC3)oc12. The summed E-state index contributed by atoms with van der Waals surface area (Å²) in [6.45, 7) is 1.46. The highest BCUT2D eigenvalue weighted by Gasteiger charge is 2.21. The molecular weight excluding hydrogens is 364 g/mol. The molecule has 2 aromatic carbocycles. The van der Waals surface area contributed by atoms with Crippen LogP contribution < -0.4 is 15.4 Å². The van der Waals surface area contributed by atoms with E-state index >= 15 is 0 Å². The minimum Gasteiger partial charge on any atom is -0.493 e. The number of amides is 1. The number of nitrogens with one attached hydrogen (secondary N) is 2. The molecule has 1 aliphatic carbocycles. The topological polar surface area (TPSA) is 63.5 Å². The predicted molar refractivity (Wildman–Crippen MR) is 114 cm³/mol. The zero-order valence-electron chi connectivity index (χ0n) is 16.9. The van der Waals surface area contributed by atoms with Gasteiger partial charge in [-0.2, -0.15) is 0 Å². The van der Waals surface area contributed by atoms with E-state index in [4.69, 9.17) is 9.15 Å². The van der Waals surface area contributed by atoms with Gasteiger partial charge in [0.2, 0.25) is 0 Å². The molecule has 5 heteroatoms. The van der Waals surface area contributed by atoms with Crippen LogP contribution >= 0.6 is 0 Å². The maximum absolute atomic E-state index is 12.7. The average Bonchev–Trinajstić information content (AvgIpc) is 3.21. The van der Waals surface area contributed by atoms with Crippen LogP contribution in [0.5, 0.6) is 5.75 Å². The third-order valence-electron chi connectivity index (χ3n) is 5.61. The van der Waals surface area contributed by atoms with Gasteiger partial charge in [-0.15, -0.1) is 0 Å². The lowest BCUT2D eigenvalue weighted by molar-refractivity contribution is 0.0901. The third kappa shape index (κ3) is 4.62. The predicted octanol–water partition coefficient (Wildman–Crippen LogP) is 4.79. The highest BCUT2D eigenvalue weighted by atomic mass is 16.5. The molecular formula is C24H28N2O3. The Morgan fingerprint density at radius 1 is 1.07 bits per heavy atom. The molecule has 0 spiro atoms. The van der Waals surface area contributed by atoms with Gasteiger partial charge in [0.15, 0.2) is 17.1 Å². The van der Waals surface area contributed by atoms with Crippen LogP contribution in [0.1, 0.15) is 53.8 Å². The van der Waals surface area contributed by atoms with Crippen LogP contribution in [0.4, 0.5) is 0 Å². The smallest absolute Gasteiger partial charge is 0.287 e. The van der Waals surface area contributed by atoms with E-state index in [1.165, 1.54) is 24.8 Å². The molecule has 0 bridgehead atoms. The van der Waals surface area contributed by atoms with Crippen molar-refractivity contribution in [3.63, 3.8) is 0 Å². The van der Waals surface area contributed by atoms with Crippen LogP contribution in [0, 0.1) is 0 Å². The standard InChI is InChI=1S/C24H28N2O3/c1-28-21-13-12-18(16-25-15-17-8-4-2-5-9-17)20-14-22(29-23(20)21)24(27)26-19-10-6-3-7-11-19/h2,4-5,8-9,12-14,19,25H,3,6-7,10-11,15-16H2,1H3,(H,26,27). The second-order valence-electron chi connectivity index (χ2n) is 7.68. The van der Waals surface area contributed by atoms with Crippen molar-refractivity contribution in [3.05, 3.63) is 65.4 Å². The second kappa shape index (κ2) is 9.14. The first kappa shape index (κ1) is 19.5. The van der Waals surface area contributed by atoms with Crippen molar-refractivity contribution in [3.8, 4) is 5.75 Å². The zero-order chi connectivity index (χ0) is 20.1. The molecule has 2 N–H and O–H groups in total. The molecule has 1 saturated carbocycles. The first-order valence-corrected chi connectivity index (χ1v) is 10.4. The lowest BCUT2D eigenvalue weighted by Gasteiger charge is -2.22. The van der Waals surface area contributed by atoms with Gasteiger partial charge >= 0.3 is 0 Å². The van der Waals surface area contributed by atoms with E-state index in [9.17, 15) is 4.79 Å². The van der Waals surface area contributed by atoms with E-state index in [1.807, 2.05) is 36.4 Å². The van der Waals surface area contributed by atoms with Crippen LogP contribution in [-0.2, 0) is 13.1 Å². The average molecular weight is 392 g/mol. The van der Waals surface area contributed by atoms with Gasteiger partial charge in [-0.1, -0.05) is 55.7 Å². The molecule has 0 atom stereocenters. The summed E-state index contributed by atoms with van der Waals surface area (Å²) in [5, 5.41) is 7.51. The summed E-state index contributed by atoms with van der Waals surface area (Å²) in [4.78, 5) is 12.7. The Morgan fingerprint density at radius 2 is 1.86 bits per heavy atom. The van der Waals surface area contributed by atoms with Crippen LogP contribution in [0.3, 0.4) is 0 Å². The molecule has 0 unspecified atom stereocenters. The van der Waals surface area contributed by atoms with Gasteiger partial charge in [0.1, 0.15) is 0 Å². The number of rotatable bonds is 7. The fourth-order valence-electron chi connectivity index (χ4n) is 4.02. The lowest BCUT2D eigenvalue weighted by Crippen LogP contribution is -2.35. The van der Waals surface area contributed by atoms with Gasteiger partial charge in [0.25, 0.3) is 5.91 Å². The van der Waals surface area contributed by atoms with Gasteiger partial charge < -0.3 is 19.8 Å². The van der Waals surface area contributed by atoms with Crippen LogP contribution in [0.2, 0.25) is 0 Å². The monoisotopic (exact) mass is 392 g/mol. The quantitative estimate of drug-likeness (QED) is 0.607. The Hall–Kier alpha value is -2.79. The Kier molecular flexibility index (Phi) is 6.15. The van der Waals surface area contributed by atoms with E-state index in [-0.39, 0.29) is 11.9 Å². The van der Waals surface area contributed by atoms with Crippen LogP contribution in [-0.4, -0.2) is 19.1 Å². The summed E-state index contributed by atoms with van der Waals surface area (Å²) in [6, 6.07) is 16.3. The molecule has 1 aromatic heterocycles. The highest BCUT2D eigenvalue weighted by molar-refractivity contribution is 5.98. The Bertz CT molecular complexity index is 959. The third-order valence-corrected chi connectivity index (χ3v) is 5.61. The molecule has 0 saturated heterocycles. The van der Waals surface area contributed by atoms with Crippen molar-refractivity contribution in [2.24, 2.45) is 0 Å². The molecule has 152 valence electrons. The molecule has 3 aromatic rings. The summed E-state index contributed by atoms with van der Waals surface area (Å²) < 4.78 is 11.4.